The average Bonchev–Trinajstić information content (AvgIpc) is 2.50. The number of nitrogens with zero attached hydrogens (tertiary/aromatic N) is 1. The molecule has 3 rings (SSSR count). The van der Waals surface area contributed by atoms with Crippen LogP contribution in [0.25, 0.3) is 10.9 Å². The van der Waals surface area contributed by atoms with Crippen molar-refractivity contribution < 1.29 is 0 Å². The van der Waals surface area contributed by atoms with Gasteiger partial charge in [-0.15, -0.1) is 0 Å². The fourth-order valence-electron chi connectivity index (χ4n) is 3.36. The highest BCUT2D eigenvalue weighted by atomic mass is 16.1. The van der Waals surface area contributed by atoms with Gasteiger partial charge in [-0.25, -0.2) is 4.68 Å². The van der Waals surface area contributed by atoms with Gasteiger partial charge in [0.25, 0.3) is 5.56 Å². The van der Waals surface area contributed by atoms with Crippen molar-refractivity contribution in [2.24, 2.45) is 5.92 Å². The monoisotopic (exact) mass is 270 g/mol. The molecule has 0 spiro atoms. The summed E-state index contributed by atoms with van der Waals surface area (Å²) in [6, 6.07) is 9.82. The Morgan fingerprint density at radius 3 is 2.70 bits per heavy atom. The van der Waals surface area contributed by atoms with Crippen LogP contribution in [0.2, 0.25) is 0 Å². The maximum absolute atomic E-state index is 12.3. The minimum atomic E-state index is -0.0421. The zero-order valence-corrected chi connectivity index (χ0v) is 11.8. The number of benzene rings is 1. The van der Waals surface area contributed by atoms with Crippen molar-refractivity contribution in [2.45, 2.75) is 44.9 Å². The summed E-state index contributed by atoms with van der Waals surface area (Å²) in [5.41, 5.74) is 1.62. The zero-order chi connectivity index (χ0) is 13.9. The third-order valence-electron chi connectivity index (χ3n) is 4.57. The number of nitrogen functional groups attached to an aromatic ring is 1. The number of rotatable bonds is 3. The molecule has 0 bridgehead atoms. The van der Waals surface area contributed by atoms with Crippen molar-refractivity contribution in [3.63, 3.8) is 0 Å². The first-order valence-electron chi connectivity index (χ1n) is 7.64. The van der Waals surface area contributed by atoms with Gasteiger partial charge in [-0.1, -0.05) is 50.3 Å². The van der Waals surface area contributed by atoms with Gasteiger partial charge in [0.1, 0.15) is 0 Å². The number of aryl methyl sites for hydroxylation is 1. The van der Waals surface area contributed by atoms with E-state index in [1.807, 2.05) is 30.3 Å². The van der Waals surface area contributed by atoms with Crippen LogP contribution in [-0.4, -0.2) is 4.68 Å². The molecule has 1 saturated carbocycles. The van der Waals surface area contributed by atoms with Gasteiger partial charge in [0.05, 0.1) is 5.52 Å². The summed E-state index contributed by atoms with van der Waals surface area (Å²) in [6.07, 6.45) is 8.70. The normalized spacial score (nSPS) is 16.6. The fourth-order valence-corrected chi connectivity index (χ4v) is 3.36. The van der Waals surface area contributed by atoms with E-state index in [9.17, 15) is 4.79 Å². The Labute approximate surface area is 119 Å². The Kier molecular flexibility index (Phi) is 3.77. The molecule has 0 amide bonds. The van der Waals surface area contributed by atoms with Gasteiger partial charge in [0.15, 0.2) is 0 Å². The zero-order valence-electron chi connectivity index (χ0n) is 11.8. The lowest BCUT2D eigenvalue weighted by Gasteiger charge is -2.21. The molecule has 1 fully saturated rings. The van der Waals surface area contributed by atoms with Crippen LogP contribution in [0.15, 0.2) is 35.1 Å². The summed E-state index contributed by atoms with van der Waals surface area (Å²) >= 11 is 0. The summed E-state index contributed by atoms with van der Waals surface area (Å²) in [6.45, 7) is 0. The highest BCUT2D eigenvalue weighted by Crippen LogP contribution is 2.27. The van der Waals surface area contributed by atoms with Crippen LogP contribution in [0.4, 0.5) is 0 Å². The van der Waals surface area contributed by atoms with E-state index in [2.05, 4.69) is 0 Å². The van der Waals surface area contributed by atoms with E-state index in [0.717, 1.165) is 35.2 Å². The quantitative estimate of drug-likeness (QED) is 0.870. The van der Waals surface area contributed by atoms with Crippen LogP contribution in [0.1, 0.15) is 44.1 Å². The molecule has 0 saturated heterocycles. The minimum Gasteiger partial charge on any atom is -0.336 e. The number of hydrogen-bond donors (Lipinski definition) is 1. The molecule has 2 aromatic rings. The number of aromatic nitrogens is 1. The highest BCUT2D eigenvalue weighted by Gasteiger charge is 2.15. The van der Waals surface area contributed by atoms with Gasteiger partial charge in [-0.2, -0.15) is 0 Å². The molecular formula is C17H22N2O. The molecule has 2 N–H and O–H groups in total. The van der Waals surface area contributed by atoms with E-state index in [-0.39, 0.29) is 5.56 Å². The van der Waals surface area contributed by atoms with E-state index < -0.39 is 0 Å². The van der Waals surface area contributed by atoms with Crippen LogP contribution < -0.4 is 11.4 Å². The van der Waals surface area contributed by atoms with Crippen molar-refractivity contribution in [1.82, 2.24) is 4.68 Å². The van der Waals surface area contributed by atoms with Crippen LogP contribution in [0.3, 0.4) is 0 Å². The van der Waals surface area contributed by atoms with E-state index in [1.54, 1.807) is 0 Å². The number of hydrogen-bond acceptors (Lipinski definition) is 2. The lowest BCUT2D eigenvalue weighted by molar-refractivity contribution is 0.339. The largest absolute Gasteiger partial charge is 0.336 e. The number of fused-ring (bicyclic) bond motifs is 1. The molecule has 0 radical (unpaired) electrons. The molecule has 0 atom stereocenters. The third kappa shape index (κ3) is 2.58. The maximum Gasteiger partial charge on any atom is 0.272 e. The predicted molar refractivity (Wildman–Crippen MR) is 83.3 cm³/mol. The van der Waals surface area contributed by atoms with Crippen molar-refractivity contribution >= 4 is 10.9 Å². The van der Waals surface area contributed by atoms with Crippen molar-refractivity contribution in [2.75, 3.05) is 5.84 Å². The second kappa shape index (κ2) is 5.70. The third-order valence-corrected chi connectivity index (χ3v) is 4.57. The van der Waals surface area contributed by atoms with E-state index >= 15 is 0 Å². The summed E-state index contributed by atoms with van der Waals surface area (Å²) < 4.78 is 1.30. The fraction of sp³-hybridized carbons (Fsp3) is 0.471. The van der Waals surface area contributed by atoms with Crippen molar-refractivity contribution in [3.05, 3.63) is 46.2 Å². The minimum absolute atomic E-state index is 0.0421. The summed E-state index contributed by atoms with van der Waals surface area (Å²) in [4.78, 5) is 12.3. The summed E-state index contributed by atoms with van der Waals surface area (Å²) in [5, 5.41) is 1.05. The molecule has 0 aliphatic heterocycles. The first-order chi connectivity index (χ1) is 9.75. The van der Waals surface area contributed by atoms with Crippen LogP contribution in [0, 0.1) is 5.92 Å². The Hall–Kier alpha value is -1.77. The van der Waals surface area contributed by atoms with Crippen LogP contribution in [-0.2, 0) is 6.42 Å². The SMILES string of the molecule is Nn1c(=O)c(CCC2CCCCC2)cc2ccccc21. The first-order valence-corrected chi connectivity index (χ1v) is 7.64. The molecule has 1 aromatic carbocycles. The molecule has 106 valence electrons. The van der Waals surface area contributed by atoms with Gasteiger partial charge >= 0.3 is 0 Å². The second-order valence-corrected chi connectivity index (χ2v) is 5.95. The van der Waals surface area contributed by atoms with Gasteiger partial charge < -0.3 is 5.84 Å². The molecule has 0 unspecified atom stereocenters. The Morgan fingerprint density at radius 2 is 1.90 bits per heavy atom. The van der Waals surface area contributed by atoms with E-state index in [1.165, 1.54) is 36.8 Å². The molecule has 1 heterocycles. The lowest BCUT2D eigenvalue weighted by Crippen LogP contribution is -2.30. The van der Waals surface area contributed by atoms with Crippen molar-refractivity contribution in [3.8, 4) is 0 Å². The van der Waals surface area contributed by atoms with Crippen LogP contribution in [0.5, 0.6) is 0 Å². The lowest BCUT2D eigenvalue weighted by atomic mass is 9.85. The summed E-state index contributed by atoms with van der Waals surface area (Å²) in [7, 11) is 0. The molecule has 1 aromatic heterocycles. The molecule has 3 nitrogen and oxygen atoms in total. The maximum atomic E-state index is 12.3. The van der Waals surface area contributed by atoms with Crippen LogP contribution >= 0.6 is 0 Å². The van der Waals surface area contributed by atoms with E-state index in [0.29, 0.717) is 0 Å². The van der Waals surface area contributed by atoms with E-state index in [4.69, 9.17) is 5.84 Å². The molecular weight excluding hydrogens is 248 g/mol. The Bertz CT molecular complexity index is 654. The smallest absolute Gasteiger partial charge is 0.272 e. The van der Waals surface area contributed by atoms with Gasteiger partial charge in [0, 0.05) is 10.9 Å². The highest BCUT2D eigenvalue weighted by molar-refractivity contribution is 5.79. The Balaban J connectivity index is 1.84. The first kappa shape index (κ1) is 13.2. The second-order valence-electron chi connectivity index (χ2n) is 5.95. The number of nitrogens with two attached hydrogens (primary N) is 1. The van der Waals surface area contributed by atoms with Crippen molar-refractivity contribution in [1.29, 1.82) is 0 Å². The van der Waals surface area contributed by atoms with Gasteiger partial charge in [-0.05, 0) is 30.9 Å². The molecule has 3 heteroatoms. The van der Waals surface area contributed by atoms with Gasteiger partial charge in [0.2, 0.25) is 0 Å². The topological polar surface area (TPSA) is 48.0 Å². The molecule has 1 aliphatic carbocycles. The molecule has 1 aliphatic rings. The molecule has 20 heavy (non-hydrogen) atoms. The predicted octanol–water partition coefficient (Wildman–Crippen LogP) is 3.23. The van der Waals surface area contributed by atoms with Gasteiger partial charge in [-0.3, -0.25) is 4.79 Å². The number of para-hydroxylation sites is 1. The number of pyridine rings is 1. The standard InChI is InChI=1S/C17H22N2O/c18-19-16-9-5-4-8-14(16)12-15(17(19)20)11-10-13-6-2-1-3-7-13/h4-5,8-9,12-13H,1-3,6-7,10-11,18H2. The summed E-state index contributed by atoms with van der Waals surface area (Å²) in [5.74, 6) is 6.72. The average molecular weight is 270 g/mol. The Morgan fingerprint density at radius 1 is 1.15 bits per heavy atom.